The third kappa shape index (κ3) is 3.93. The van der Waals surface area contributed by atoms with E-state index in [0.29, 0.717) is 17.3 Å². The van der Waals surface area contributed by atoms with Crippen LogP contribution in [0.1, 0.15) is 16.2 Å². The van der Waals surface area contributed by atoms with Crippen molar-refractivity contribution in [3.8, 4) is 22.5 Å². The van der Waals surface area contributed by atoms with E-state index in [1.165, 1.54) is 0 Å². The summed E-state index contributed by atoms with van der Waals surface area (Å²) in [6.45, 7) is 0.180. The van der Waals surface area contributed by atoms with E-state index >= 15 is 0 Å². The zero-order valence-corrected chi connectivity index (χ0v) is 14.5. The molecule has 0 fully saturated rings. The highest BCUT2D eigenvalue weighted by atomic mass is 16.5. The molecule has 0 saturated heterocycles. The molecule has 1 amide bonds. The number of amides is 1. The van der Waals surface area contributed by atoms with Crippen molar-refractivity contribution in [2.24, 2.45) is 0 Å². The largest absolute Gasteiger partial charge is 0.343 e. The van der Waals surface area contributed by atoms with Gasteiger partial charge in [-0.1, -0.05) is 78.0 Å². The maximum absolute atomic E-state index is 12.3. The summed E-state index contributed by atoms with van der Waals surface area (Å²) in [6.07, 6.45) is 0. The molecule has 5 heteroatoms. The number of hydrogen-bond acceptors (Lipinski definition) is 4. The van der Waals surface area contributed by atoms with E-state index in [4.69, 9.17) is 4.52 Å². The second kappa shape index (κ2) is 7.66. The number of carbonyl (C=O) groups excluding carboxylic acids is 1. The number of hydrogen-bond donors (Lipinski definition) is 1. The predicted octanol–water partition coefficient (Wildman–Crippen LogP) is 4.33. The molecule has 0 aliphatic rings. The Morgan fingerprint density at radius 2 is 1.37 bits per heavy atom. The van der Waals surface area contributed by atoms with Crippen molar-refractivity contribution in [1.29, 1.82) is 0 Å². The monoisotopic (exact) mass is 355 g/mol. The zero-order valence-electron chi connectivity index (χ0n) is 14.5. The van der Waals surface area contributed by atoms with Gasteiger partial charge in [-0.25, -0.2) is 0 Å². The van der Waals surface area contributed by atoms with Crippen molar-refractivity contribution in [3.63, 3.8) is 0 Å². The zero-order chi connectivity index (χ0) is 18.5. The topological polar surface area (TPSA) is 68.0 Å². The van der Waals surface area contributed by atoms with Crippen LogP contribution in [-0.2, 0) is 6.54 Å². The minimum Gasteiger partial charge on any atom is -0.343 e. The Balaban J connectivity index is 1.39. The lowest BCUT2D eigenvalue weighted by Gasteiger charge is -2.05. The van der Waals surface area contributed by atoms with Crippen LogP contribution in [-0.4, -0.2) is 16.0 Å². The summed E-state index contributed by atoms with van der Waals surface area (Å²) in [7, 11) is 0. The van der Waals surface area contributed by atoms with Gasteiger partial charge in [0.05, 0.1) is 6.54 Å². The molecule has 0 atom stereocenters. The maximum Gasteiger partial charge on any atom is 0.251 e. The fraction of sp³-hybridized carbons (Fsp3) is 0.0455. The molecule has 0 radical (unpaired) electrons. The third-order valence-corrected chi connectivity index (χ3v) is 4.15. The summed E-state index contributed by atoms with van der Waals surface area (Å²) in [5.41, 5.74) is 3.63. The lowest BCUT2D eigenvalue weighted by atomic mass is 10.0. The van der Waals surface area contributed by atoms with Gasteiger partial charge in [-0.15, -0.1) is 0 Å². The summed E-state index contributed by atoms with van der Waals surface area (Å²) >= 11 is 0. The van der Waals surface area contributed by atoms with Gasteiger partial charge >= 0.3 is 0 Å². The molecule has 0 saturated carbocycles. The predicted molar refractivity (Wildman–Crippen MR) is 103 cm³/mol. The Labute approximate surface area is 156 Å². The molecule has 0 aliphatic heterocycles. The molecule has 4 aromatic rings. The third-order valence-electron chi connectivity index (χ3n) is 4.15. The molecule has 4 rings (SSSR count). The maximum atomic E-state index is 12.3. The quantitative estimate of drug-likeness (QED) is 0.578. The standard InChI is InChI=1S/C22H17N3O2/c26-22(19-13-11-17(12-14-19)16-7-3-1-4-8-16)23-15-20-24-21(25-27-20)18-9-5-2-6-10-18/h1-14H,15H2,(H,23,26). The van der Waals surface area contributed by atoms with Crippen molar-refractivity contribution in [2.45, 2.75) is 6.54 Å². The van der Waals surface area contributed by atoms with Gasteiger partial charge in [-0.05, 0) is 23.3 Å². The highest BCUT2D eigenvalue weighted by Gasteiger charge is 2.11. The Morgan fingerprint density at radius 3 is 2.04 bits per heavy atom. The molecule has 0 aliphatic carbocycles. The molecule has 3 aromatic carbocycles. The average molecular weight is 355 g/mol. The van der Waals surface area contributed by atoms with Crippen molar-refractivity contribution in [3.05, 3.63) is 96.4 Å². The van der Waals surface area contributed by atoms with Gasteiger partial charge in [0.25, 0.3) is 5.91 Å². The number of nitrogens with zero attached hydrogens (tertiary/aromatic N) is 2. The molecule has 1 heterocycles. The SMILES string of the molecule is O=C(NCc1nc(-c2ccccc2)no1)c1ccc(-c2ccccc2)cc1. The number of rotatable bonds is 5. The number of aromatic nitrogens is 2. The van der Waals surface area contributed by atoms with E-state index in [9.17, 15) is 4.79 Å². The summed E-state index contributed by atoms with van der Waals surface area (Å²) in [5.74, 6) is 0.684. The molecule has 0 unspecified atom stereocenters. The number of nitrogens with one attached hydrogen (secondary N) is 1. The summed E-state index contributed by atoms with van der Waals surface area (Å²) in [5, 5.41) is 6.75. The highest BCUT2D eigenvalue weighted by molar-refractivity contribution is 5.94. The van der Waals surface area contributed by atoms with E-state index in [-0.39, 0.29) is 12.5 Å². The second-order valence-corrected chi connectivity index (χ2v) is 6.00. The second-order valence-electron chi connectivity index (χ2n) is 6.00. The Hall–Kier alpha value is -3.73. The van der Waals surface area contributed by atoms with Crippen LogP contribution in [0.25, 0.3) is 22.5 Å². The summed E-state index contributed by atoms with van der Waals surface area (Å²) in [4.78, 5) is 16.6. The minimum atomic E-state index is -0.186. The van der Waals surface area contributed by atoms with Crippen LogP contribution in [0.3, 0.4) is 0 Å². The first-order valence-electron chi connectivity index (χ1n) is 8.61. The first-order chi connectivity index (χ1) is 13.3. The van der Waals surface area contributed by atoms with Gasteiger partial charge in [0, 0.05) is 11.1 Å². The molecular weight excluding hydrogens is 338 g/mol. The van der Waals surface area contributed by atoms with E-state index in [2.05, 4.69) is 15.5 Å². The van der Waals surface area contributed by atoms with E-state index in [0.717, 1.165) is 16.7 Å². The lowest BCUT2D eigenvalue weighted by Crippen LogP contribution is -2.22. The molecule has 0 spiro atoms. The van der Waals surface area contributed by atoms with E-state index < -0.39 is 0 Å². The molecular formula is C22H17N3O2. The van der Waals surface area contributed by atoms with Gasteiger partial charge in [-0.3, -0.25) is 4.79 Å². The van der Waals surface area contributed by atoms with Crippen molar-refractivity contribution in [1.82, 2.24) is 15.5 Å². The first-order valence-corrected chi connectivity index (χ1v) is 8.61. The first kappa shape index (κ1) is 16.7. The lowest BCUT2D eigenvalue weighted by molar-refractivity contribution is 0.0946. The average Bonchev–Trinajstić information content (AvgIpc) is 3.22. The fourth-order valence-electron chi connectivity index (χ4n) is 2.73. The summed E-state index contributed by atoms with van der Waals surface area (Å²) < 4.78 is 5.21. The number of benzene rings is 3. The molecule has 1 aromatic heterocycles. The number of carbonyl (C=O) groups is 1. The van der Waals surface area contributed by atoms with Crippen LogP contribution in [0, 0.1) is 0 Å². The highest BCUT2D eigenvalue weighted by Crippen LogP contribution is 2.19. The normalized spacial score (nSPS) is 10.5. The van der Waals surface area contributed by atoms with Crippen LogP contribution >= 0.6 is 0 Å². The van der Waals surface area contributed by atoms with Gasteiger partial charge in [0.15, 0.2) is 0 Å². The Morgan fingerprint density at radius 1 is 0.778 bits per heavy atom. The van der Waals surface area contributed by atoms with Gasteiger partial charge < -0.3 is 9.84 Å². The molecule has 0 bridgehead atoms. The van der Waals surface area contributed by atoms with Gasteiger partial charge in [-0.2, -0.15) is 4.98 Å². The van der Waals surface area contributed by atoms with Gasteiger partial charge in [0.2, 0.25) is 11.7 Å². The van der Waals surface area contributed by atoms with Crippen molar-refractivity contribution < 1.29 is 9.32 Å². The van der Waals surface area contributed by atoms with Crippen LogP contribution < -0.4 is 5.32 Å². The van der Waals surface area contributed by atoms with Crippen molar-refractivity contribution in [2.75, 3.05) is 0 Å². The molecule has 132 valence electrons. The van der Waals surface area contributed by atoms with Crippen LogP contribution in [0.15, 0.2) is 89.5 Å². The smallest absolute Gasteiger partial charge is 0.251 e. The van der Waals surface area contributed by atoms with Crippen LogP contribution in [0.4, 0.5) is 0 Å². The van der Waals surface area contributed by atoms with Gasteiger partial charge in [0.1, 0.15) is 0 Å². The Kier molecular flexibility index (Phi) is 4.74. The molecule has 5 nitrogen and oxygen atoms in total. The van der Waals surface area contributed by atoms with Crippen molar-refractivity contribution >= 4 is 5.91 Å². The van der Waals surface area contributed by atoms with E-state index in [1.807, 2.05) is 72.8 Å². The Bertz CT molecular complexity index is 1030. The van der Waals surface area contributed by atoms with Crippen LogP contribution in [0.5, 0.6) is 0 Å². The molecule has 27 heavy (non-hydrogen) atoms. The van der Waals surface area contributed by atoms with Crippen LogP contribution in [0.2, 0.25) is 0 Å². The fourth-order valence-corrected chi connectivity index (χ4v) is 2.73. The molecule has 1 N–H and O–H groups in total. The summed E-state index contributed by atoms with van der Waals surface area (Å²) in [6, 6.07) is 27.1. The minimum absolute atomic E-state index is 0.180. The van der Waals surface area contributed by atoms with E-state index in [1.54, 1.807) is 12.1 Å².